The molecule has 2 N–H and O–H groups in total. The first-order valence-electron chi connectivity index (χ1n) is 5.47. The second-order valence-corrected chi connectivity index (χ2v) is 5.56. The number of hydrogen-bond acceptors (Lipinski definition) is 5. The van der Waals surface area contributed by atoms with E-state index in [4.69, 9.17) is 12.7 Å². The Kier molecular flexibility index (Phi) is 5.22. The van der Waals surface area contributed by atoms with E-state index in [0.29, 0.717) is 13.1 Å². The normalized spacial score (nSPS) is 16.5. The molecule has 1 heterocycles. The lowest BCUT2D eigenvalue weighted by Crippen LogP contribution is -2.61. The lowest BCUT2D eigenvalue weighted by atomic mass is 10.1. The van der Waals surface area contributed by atoms with Crippen molar-refractivity contribution in [3.8, 4) is 0 Å². The Morgan fingerprint density at radius 1 is 1.39 bits per heavy atom. The maximum atomic E-state index is 11.6. The number of hydrogen-bond donors (Lipinski definition) is 2. The third-order valence-corrected chi connectivity index (χ3v) is 2.46. The summed E-state index contributed by atoms with van der Waals surface area (Å²) in [7, 11) is 4.67. The Balaban J connectivity index is 2.19. The summed E-state index contributed by atoms with van der Waals surface area (Å²) in [4.78, 5) is 26.5. The van der Waals surface area contributed by atoms with Crippen molar-refractivity contribution in [2.45, 2.75) is 32.4 Å². The number of carbonyl (C=O) groups excluding carboxylic acids is 2. The molecule has 1 rings (SSSR count). The van der Waals surface area contributed by atoms with Gasteiger partial charge in [-0.3, -0.25) is 0 Å². The number of nitrogens with zero attached hydrogens (tertiary/aromatic N) is 1. The molecule has 1 saturated heterocycles. The highest BCUT2D eigenvalue weighted by molar-refractivity contribution is 7.32. The minimum absolute atomic E-state index is 0.104. The smallest absolute Gasteiger partial charge is 0.411 e. The van der Waals surface area contributed by atoms with Gasteiger partial charge in [0.25, 0.3) is 0 Å². The van der Waals surface area contributed by atoms with Crippen LogP contribution in [0.5, 0.6) is 0 Å². The first kappa shape index (κ1) is 15.1. The van der Waals surface area contributed by atoms with Gasteiger partial charge in [0.05, 0.1) is 6.04 Å². The van der Waals surface area contributed by atoms with Crippen molar-refractivity contribution in [2.24, 2.45) is 0 Å². The molecule has 0 bridgehead atoms. The Morgan fingerprint density at radius 3 is 2.50 bits per heavy atom. The molecule has 0 aliphatic carbocycles. The molecular formula is C9H17BN3O4P. The standard InChI is InChI=1S/C9H17BN3O4P/c1-9(2,3)16-8(15)13-4-6(5-13)11-7(14)17-18-12-10/h6,12,18H,4-5H2,1-3H3,(H,11,14). The zero-order chi connectivity index (χ0) is 13.8. The molecule has 0 saturated carbocycles. The predicted octanol–water partition coefficient (Wildman–Crippen LogP) is 0.513. The molecule has 2 radical (unpaired) electrons. The molecule has 7 nitrogen and oxygen atoms in total. The zero-order valence-electron chi connectivity index (χ0n) is 10.6. The van der Waals surface area contributed by atoms with E-state index in [1.54, 1.807) is 20.8 Å². The summed E-state index contributed by atoms with van der Waals surface area (Å²) in [5.74, 6) is 0. The van der Waals surface area contributed by atoms with Crippen molar-refractivity contribution in [1.82, 2.24) is 15.2 Å². The van der Waals surface area contributed by atoms with Crippen molar-refractivity contribution < 1.29 is 18.8 Å². The fourth-order valence-electron chi connectivity index (χ4n) is 1.32. The van der Waals surface area contributed by atoms with Crippen LogP contribution in [0.4, 0.5) is 9.59 Å². The summed E-state index contributed by atoms with van der Waals surface area (Å²) in [6.45, 7) is 6.25. The number of carbonyl (C=O) groups is 2. The molecule has 1 atom stereocenters. The summed E-state index contributed by atoms with van der Waals surface area (Å²) < 4.78 is 9.86. The predicted molar refractivity (Wildman–Crippen MR) is 68.4 cm³/mol. The highest BCUT2D eigenvalue weighted by Crippen LogP contribution is 2.15. The van der Waals surface area contributed by atoms with Crippen molar-refractivity contribution in [3.05, 3.63) is 0 Å². The van der Waals surface area contributed by atoms with E-state index >= 15 is 0 Å². The van der Waals surface area contributed by atoms with Crippen molar-refractivity contribution in [2.75, 3.05) is 13.1 Å². The first-order chi connectivity index (χ1) is 8.31. The average Bonchev–Trinajstić information content (AvgIpc) is 2.16. The molecule has 18 heavy (non-hydrogen) atoms. The van der Waals surface area contributed by atoms with E-state index in [-0.39, 0.29) is 21.1 Å². The molecule has 1 unspecified atom stereocenters. The molecule has 1 fully saturated rings. The van der Waals surface area contributed by atoms with Crippen LogP contribution < -0.4 is 10.3 Å². The summed E-state index contributed by atoms with van der Waals surface area (Å²) in [5.41, 5.74) is -0.511. The Morgan fingerprint density at radius 2 is 2.00 bits per heavy atom. The van der Waals surface area contributed by atoms with Crippen molar-refractivity contribution in [3.63, 3.8) is 0 Å². The molecule has 0 aromatic heterocycles. The highest BCUT2D eigenvalue weighted by Gasteiger charge is 2.34. The van der Waals surface area contributed by atoms with Crippen molar-refractivity contribution in [1.29, 1.82) is 0 Å². The van der Waals surface area contributed by atoms with Gasteiger partial charge in [0, 0.05) is 13.1 Å². The Labute approximate surface area is 109 Å². The van der Waals surface area contributed by atoms with Gasteiger partial charge in [-0.15, -0.1) is 0 Å². The summed E-state index contributed by atoms with van der Waals surface area (Å²) in [6.07, 6.45) is -0.931. The molecule has 0 spiro atoms. The quantitative estimate of drug-likeness (QED) is 0.578. The number of rotatable bonds is 3. The van der Waals surface area contributed by atoms with Crippen LogP contribution >= 0.6 is 8.96 Å². The van der Waals surface area contributed by atoms with Crippen LogP contribution in [0.25, 0.3) is 0 Å². The van der Waals surface area contributed by atoms with Gasteiger partial charge in [0.15, 0.2) is 7.98 Å². The highest BCUT2D eigenvalue weighted by atomic mass is 31.1. The maximum Gasteiger partial charge on any atom is 0.411 e. The van der Waals surface area contributed by atoms with Gasteiger partial charge in [-0.25, -0.2) is 9.59 Å². The van der Waals surface area contributed by atoms with Crippen LogP contribution in [0.2, 0.25) is 0 Å². The van der Waals surface area contributed by atoms with Crippen LogP contribution in [0, 0.1) is 0 Å². The molecule has 2 amide bonds. The van der Waals surface area contributed by atoms with E-state index in [0.717, 1.165) is 0 Å². The van der Waals surface area contributed by atoms with Crippen LogP contribution in [0.15, 0.2) is 0 Å². The zero-order valence-corrected chi connectivity index (χ0v) is 11.6. The Hall–Kier alpha value is -1.01. The van der Waals surface area contributed by atoms with Crippen LogP contribution in [-0.4, -0.2) is 49.8 Å². The van der Waals surface area contributed by atoms with Crippen LogP contribution in [-0.2, 0) is 9.26 Å². The fourth-order valence-corrected chi connectivity index (χ4v) is 1.53. The van der Waals surface area contributed by atoms with Crippen molar-refractivity contribution >= 4 is 29.1 Å². The second kappa shape index (κ2) is 6.25. The maximum absolute atomic E-state index is 11.6. The average molecular weight is 273 g/mol. The summed E-state index contributed by atoms with van der Waals surface area (Å²) in [6, 6.07) is -0.104. The number of ether oxygens (including phenoxy) is 1. The fraction of sp³-hybridized carbons (Fsp3) is 0.778. The monoisotopic (exact) mass is 273 g/mol. The molecular weight excluding hydrogens is 256 g/mol. The SMILES string of the molecule is [B]NPOC(=O)NC1CN(C(=O)OC(C)(C)C)C1. The molecule has 1 aliphatic heterocycles. The lowest BCUT2D eigenvalue weighted by molar-refractivity contribution is 0.00576. The van der Waals surface area contributed by atoms with Crippen LogP contribution in [0.3, 0.4) is 0 Å². The van der Waals surface area contributed by atoms with E-state index in [9.17, 15) is 9.59 Å². The third kappa shape index (κ3) is 5.10. The largest absolute Gasteiger partial charge is 0.444 e. The molecule has 1 aliphatic rings. The number of amides is 2. The molecule has 0 aromatic carbocycles. The van der Waals surface area contributed by atoms with Gasteiger partial charge in [-0.1, -0.05) is 0 Å². The van der Waals surface area contributed by atoms with Gasteiger partial charge in [0.2, 0.25) is 0 Å². The van der Waals surface area contributed by atoms with Gasteiger partial charge in [0.1, 0.15) is 14.6 Å². The lowest BCUT2D eigenvalue weighted by Gasteiger charge is -2.39. The van der Waals surface area contributed by atoms with Gasteiger partial charge in [-0.2, -0.15) is 0 Å². The summed E-state index contributed by atoms with van der Waals surface area (Å²) in [5, 5.41) is 2.60. The minimum Gasteiger partial charge on any atom is -0.444 e. The van der Waals surface area contributed by atoms with Gasteiger partial charge < -0.3 is 24.5 Å². The van der Waals surface area contributed by atoms with Gasteiger partial charge in [-0.05, 0) is 20.8 Å². The van der Waals surface area contributed by atoms with E-state index in [1.807, 2.05) is 0 Å². The summed E-state index contributed by atoms with van der Waals surface area (Å²) >= 11 is 0. The molecule has 100 valence electrons. The topological polar surface area (TPSA) is 79.9 Å². The minimum atomic E-state index is -0.555. The Bertz CT molecular complexity index is 317. The first-order valence-corrected chi connectivity index (χ1v) is 6.38. The molecule has 9 heteroatoms. The number of nitrogens with one attached hydrogen (secondary N) is 2. The molecule has 0 aromatic rings. The van der Waals surface area contributed by atoms with Crippen LogP contribution in [0.1, 0.15) is 20.8 Å². The van der Waals surface area contributed by atoms with Gasteiger partial charge >= 0.3 is 12.2 Å². The third-order valence-electron chi connectivity index (χ3n) is 2.06. The second-order valence-electron chi connectivity index (χ2n) is 4.86. The van der Waals surface area contributed by atoms with E-state index in [1.165, 1.54) is 4.90 Å². The van der Waals surface area contributed by atoms with E-state index < -0.39 is 11.7 Å². The van der Waals surface area contributed by atoms with E-state index in [2.05, 4.69) is 14.8 Å². The number of likely N-dealkylation sites (tertiary alicyclic amines) is 1.